The molecule has 106 valence electrons. The summed E-state index contributed by atoms with van der Waals surface area (Å²) in [5, 5.41) is 0. The number of hydrogen-bond donors (Lipinski definition) is 0. The van der Waals surface area contributed by atoms with Crippen LogP contribution in [0.15, 0.2) is 9.72 Å². The van der Waals surface area contributed by atoms with Crippen LogP contribution in [0, 0.1) is 0 Å². The molecule has 0 radical (unpaired) electrons. The highest BCUT2D eigenvalue weighted by molar-refractivity contribution is 7.91. The maximum absolute atomic E-state index is 12.5. The lowest BCUT2D eigenvalue weighted by molar-refractivity contribution is 0.0590. The summed E-state index contributed by atoms with van der Waals surface area (Å²) in [6.45, 7) is 0.902. The molecule has 0 bridgehead atoms. The number of thiazole rings is 1. The summed E-state index contributed by atoms with van der Waals surface area (Å²) >= 11 is 0.905. The molecule has 9 heteroatoms. The minimum Gasteiger partial charge on any atom is -0.464 e. The van der Waals surface area contributed by atoms with Crippen molar-refractivity contribution in [1.29, 1.82) is 0 Å². The molecule has 1 saturated heterocycles. The number of carbonyl (C=O) groups is 1. The predicted octanol–water partition coefficient (Wildman–Crippen LogP) is 0.339. The van der Waals surface area contributed by atoms with Crippen molar-refractivity contribution in [2.75, 3.05) is 27.4 Å². The number of rotatable bonds is 4. The van der Waals surface area contributed by atoms with Crippen molar-refractivity contribution in [1.82, 2.24) is 9.29 Å². The third-order valence-electron chi connectivity index (χ3n) is 2.95. The summed E-state index contributed by atoms with van der Waals surface area (Å²) in [5.41, 5.74) is 1.15. The largest absolute Gasteiger partial charge is 0.464 e. The van der Waals surface area contributed by atoms with E-state index in [-0.39, 0.29) is 15.9 Å². The van der Waals surface area contributed by atoms with Crippen molar-refractivity contribution in [3.63, 3.8) is 0 Å². The van der Waals surface area contributed by atoms with Gasteiger partial charge in [-0.2, -0.15) is 4.31 Å². The van der Waals surface area contributed by atoms with Crippen LogP contribution in [-0.2, 0) is 19.5 Å². The zero-order chi connectivity index (χ0) is 14.0. The van der Waals surface area contributed by atoms with Gasteiger partial charge in [0.2, 0.25) is 0 Å². The summed E-state index contributed by atoms with van der Waals surface area (Å²) in [7, 11) is -1.09. The van der Waals surface area contributed by atoms with E-state index in [1.165, 1.54) is 24.0 Å². The third kappa shape index (κ3) is 2.64. The molecule has 1 aromatic rings. The molecule has 1 unspecified atom stereocenters. The van der Waals surface area contributed by atoms with Gasteiger partial charge in [0.25, 0.3) is 10.0 Å². The lowest BCUT2D eigenvalue weighted by Gasteiger charge is -2.21. The van der Waals surface area contributed by atoms with E-state index in [0.29, 0.717) is 19.6 Å². The van der Waals surface area contributed by atoms with Gasteiger partial charge in [-0.15, -0.1) is 11.3 Å². The molecule has 0 saturated carbocycles. The number of hydrogen-bond acceptors (Lipinski definition) is 7. The van der Waals surface area contributed by atoms with Crippen LogP contribution in [0.2, 0.25) is 0 Å². The Morgan fingerprint density at radius 3 is 2.95 bits per heavy atom. The smallest absolute Gasteiger partial charge is 0.358 e. The van der Waals surface area contributed by atoms with Crippen molar-refractivity contribution >= 4 is 27.3 Å². The van der Waals surface area contributed by atoms with Gasteiger partial charge < -0.3 is 9.47 Å². The number of sulfonamides is 1. The van der Waals surface area contributed by atoms with E-state index < -0.39 is 16.0 Å². The van der Waals surface area contributed by atoms with E-state index >= 15 is 0 Å². The number of aromatic nitrogens is 1. The Balaban J connectivity index is 2.34. The minimum atomic E-state index is -3.76. The zero-order valence-corrected chi connectivity index (χ0v) is 12.2. The summed E-state index contributed by atoms with van der Waals surface area (Å²) < 4.78 is 35.8. The molecule has 1 atom stereocenters. The molecule has 1 aliphatic heterocycles. The first-order chi connectivity index (χ1) is 8.98. The highest BCUT2D eigenvalue weighted by Crippen LogP contribution is 2.26. The van der Waals surface area contributed by atoms with Gasteiger partial charge in [0.1, 0.15) is 0 Å². The first-order valence-corrected chi connectivity index (χ1v) is 7.88. The van der Waals surface area contributed by atoms with Gasteiger partial charge in [-0.05, 0) is 6.42 Å². The standard InChI is InChI=1S/C10H14N2O5S2/c1-12(7-3-4-17-5-7)19(14,15)10-8(9(13)16-2)11-6-18-10/h6-7H,3-5H2,1-2H3. The Hall–Kier alpha value is -1.03. The third-order valence-corrected chi connectivity index (χ3v) is 6.20. The second-order valence-electron chi connectivity index (χ2n) is 4.02. The maximum atomic E-state index is 12.5. The van der Waals surface area contributed by atoms with Crippen LogP contribution in [0.4, 0.5) is 0 Å². The van der Waals surface area contributed by atoms with E-state index in [2.05, 4.69) is 9.72 Å². The van der Waals surface area contributed by atoms with E-state index in [9.17, 15) is 13.2 Å². The van der Waals surface area contributed by atoms with E-state index in [1.807, 2.05) is 0 Å². The number of esters is 1. The van der Waals surface area contributed by atoms with Gasteiger partial charge in [0, 0.05) is 13.7 Å². The van der Waals surface area contributed by atoms with Crippen molar-refractivity contribution in [3.8, 4) is 0 Å². The normalized spacial score (nSPS) is 19.8. The topological polar surface area (TPSA) is 85.8 Å². The molecule has 7 nitrogen and oxygen atoms in total. The maximum Gasteiger partial charge on any atom is 0.358 e. The van der Waals surface area contributed by atoms with Crippen LogP contribution in [0.3, 0.4) is 0 Å². The average molecular weight is 306 g/mol. The van der Waals surface area contributed by atoms with Crippen molar-refractivity contribution in [3.05, 3.63) is 11.2 Å². The Kier molecular flexibility index (Phi) is 4.19. The number of methoxy groups -OCH3 is 1. The number of carbonyl (C=O) groups excluding carboxylic acids is 1. The Bertz CT molecular complexity index is 562. The highest BCUT2D eigenvalue weighted by Gasteiger charge is 2.35. The van der Waals surface area contributed by atoms with Crippen LogP contribution in [0.5, 0.6) is 0 Å². The Labute approximate surface area is 115 Å². The van der Waals surface area contributed by atoms with Gasteiger partial charge in [0.15, 0.2) is 9.90 Å². The minimum absolute atomic E-state index is 0.0891. The van der Waals surface area contributed by atoms with Crippen LogP contribution in [0.1, 0.15) is 16.9 Å². The molecule has 0 aliphatic carbocycles. The summed E-state index contributed by atoms with van der Waals surface area (Å²) in [6.07, 6.45) is 0.641. The first kappa shape index (κ1) is 14.4. The molecule has 0 amide bonds. The molecule has 19 heavy (non-hydrogen) atoms. The molecule has 0 spiro atoms. The molecule has 2 heterocycles. The molecular weight excluding hydrogens is 292 g/mol. The highest BCUT2D eigenvalue weighted by atomic mass is 32.2. The second kappa shape index (κ2) is 5.53. The van der Waals surface area contributed by atoms with Crippen LogP contribution < -0.4 is 0 Å². The molecule has 1 fully saturated rings. The quantitative estimate of drug-likeness (QED) is 0.746. The van der Waals surface area contributed by atoms with Gasteiger partial charge in [-0.25, -0.2) is 18.2 Å². The fourth-order valence-electron chi connectivity index (χ4n) is 1.79. The summed E-state index contributed by atoms with van der Waals surface area (Å²) in [5.74, 6) is -0.754. The van der Waals surface area contributed by atoms with Crippen molar-refractivity contribution in [2.24, 2.45) is 0 Å². The Morgan fingerprint density at radius 2 is 2.37 bits per heavy atom. The fraction of sp³-hybridized carbons (Fsp3) is 0.600. The number of ether oxygens (including phenoxy) is 2. The fourth-order valence-corrected chi connectivity index (χ4v) is 4.46. The molecular formula is C10H14N2O5S2. The summed E-state index contributed by atoms with van der Waals surface area (Å²) in [4.78, 5) is 15.3. The van der Waals surface area contributed by atoms with E-state index in [4.69, 9.17) is 4.74 Å². The van der Waals surface area contributed by atoms with Gasteiger partial charge in [0.05, 0.1) is 25.3 Å². The average Bonchev–Trinajstić information content (AvgIpc) is 3.07. The lowest BCUT2D eigenvalue weighted by Crippen LogP contribution is -2.37. The summed E-state index contributed by atoms with van der Waals surface area (Å²) in [6, 6.07) is -0.211. The predicted molar refractivity (Wildman–Crippen MR) is 67.6 cm³/mol. The first-order valence-electron chi connectivity index (χ1n) is 5.56. The monoisotopic (exact) mass is 306 g/mol. The number of likely N-dealkylation sites (N-methyl/N-ethyl adjacent to an activating group) is 1. The SMILES string of the molecule is COC(=O)c1ncsc1S(=O)(=O)N(C)C1CCOC1. The second-order valence-corrected chi connectivity index (χ2v) is 7.07. The van der Waals surface area contributed by atoms with Crippen LogP contribution in [-0.4, -0.2) is 57.1 Å². The van der Waals surface area contributed by atoms with Gasteiger partial charge >= 0.3 is 5.97 Å². The van der Waals surface area contributed by atoms with Crippen LogP contribution >= 0.6 is 11.3 Å². The molecule has 1 aromatic heterocycles. The van der Waals surface area contributed by atoms with Crippen molar-refractivity contribution in [2.45, 2.75) is 16.7 Å². The van der Waals surface area contributed by atoms with E-state index in [0.717, 1.165) is 11.3 Å². The van der Waals surface area contributed by atoms with Crippen LogP contribution in [0.25, 0.3) is 0 Å². The van der Waals surface area contributed by atoms with Gasteiger partial charge in [-0.3, -0.25) is 0 Å². The van der Waals surface area contributed by atoms with Gasteiger partial charge in [-0.1, -0.05) is 0 Å². The molecule has 1 aliphatic rings. The van der Waals surface area contributed by atoms with E-state index in [1.54, 1.807) is 0 Å². The number of nitrogens with zero attached hydrogens (tertiary/aromatic N) is 2. The Morgan fingerprint density at radius 1 is 1.63 bits per heavy atom. The molecule has 0 aromatic carbocycles. The zero-order valence-electron chi connectivity index (χ0n) is 10.5. The lowest BCUT2D eigenvalue weighted by atomic mass is 10.3. The molecule has 2 rings (SSSR count). The molecule has 0 N–H and O–H groups in total. The van der Waals surface area contributed by atoms with Crippen molar-refractivity contribution < 1.29 is 22.7 Å².